The molecule has 1 aromatic carbocycles. The maximum absolute atomic E-state index is 12.7. The molecule has 9 heteroatoms. The van der Waals surface area contributed by atoms with Crippen LogP contribution in [-0.4, -0.2) is 20.3 Å². The summed E-state index contributed by atoms with van der Waals surface area (Å²) in [5.41, 5.74) is -3.24. The lowest BCUT2D eigenvalue weighted by atomic mass is 10.1. The first kappa shape index (κ1) is 13.2. The van der Waals surface area contributed by atoms with E-state index >= 15 is 0 Å². The van der Waals surface area contributed by atoms with Crippen molar-refractivity contribution >= 4 is 21.8 Å². The smallest absolute Gasteiger partial charge is 0.416 e. The largest absolute Gasteiger partial charge is 0.506 e. The zero-order valence-corrected chi connectivity index (χ0v) is 10.1. The van der Waals surface area contributed by atoms with E-state index in [9.17, 15) is 27.9 Å². The Morgan fingerprint density at radius 1 is 1.10 bits per heavy atom. The minimum atomic E-state index is -4.58. The van der Waals surface area contributed by atoms with E-state index < -0.39 is 34.1 Å². The van der Waals surface area contributed by atoms with Gasteiger partial charge in [0.1, 0.15) is 16.7 Å². The van der Waals surface area contributed by atoms with Crippen molar-refractivity contribution in [3.8, 4) is 5.75 Å². The first-order valence-electron chi connectivity index (χ1n) is 5.63. The third-order valence-corrected chi connectivity index (χ3v) is 3.02. The minimum absolute atomic E-state index is 0.0494. The Morgan fingerprint density at radius 3 is 2.43 bits per heavy atom. The van der Waals surface area contributed by atoms with Crippen LogP contribution in [0.4, 0.5) is 13.2 Å². The van der Waals surface area contributed by atoms with Crippen molar-refractivity contribution in [1.29, 1.82) is 0 Å². The summed E-state index contributed by atoms with van der Waals surface area (Å²) < 4.78 is 38.0. The van der Waals surface area contributed by atoms with Gasteiger partial charge in [-0.15, -0.1) is 0 Å². The summed E-state index contributed by atoms with van der Waals surface area (Å²) in [6, 6.07) is 2.46. The van der Waals surface area contributed by atoms with Gasteiger partial charge in [-0.1, -0.05) is 0 Å². The summed E-state index contributed by atoms with van der Waals surface area (Å²) in [6.45, 7) is 0. The number of aromatic amines is 2. The molecule has 2 heterocycles. The number of nitrogens with zero attached hydrogens (tertiary/aromatic N) is 1. The number of aromatic hydroxyl groups is 1. The van der Waals surface area contributed by atoms with E-state index in [4.69, 9.17) is 0 Å². The minimum Gasteiger partial charge on any atom is -0.506 e. The molecule has 3 N–H and O–H groups in total. The highest BCUT2D eigenvalue weighted by molar-refractivity contribution is 5.99. The van der Waals surface area contributed by atoms with E-state index in [1.54, 1.807) is 0 Å². The fourth-order valence-corrected chi connectivity index (χ4v) is 2.04. The van der Waals surface area contributed by atoms with E-state index in [0.29, 0.717) is 6.07 Å². The average molecular weight is 297 g/mol. The van der Waals surface area contributed by atoms with E-state index in [1.807, 2.05) is 10.2 Å². The highest BCUT2D eigenvalue weighted by atomic mass is 19.4. The fourth-order valence-electron chi connectivity index (χ4n) is 2.04. The van der Waals surface area contributed by atoms with Gasteiger partial charge in [0.05, 0.1) is 11.1 Å². The van der Waals surface area contributed by atoms with Crippen molar-refractivity contribution in [3.05, 3.63) is 44.5 Å². The molecule has 0 radical (unpaired) electrons. The summed E-state index contributed by atoms with van der Waals surface area (Å²) in [6.07, 6.45) is -4.58. The van der Waals surface area contributed by atoms with Crippen molar-refractivity contribution in [2.45, 2.75) is 6.18 Å². The number of alkyl halides is 3. The van der Waals surface area contributed by atoms with Crippen LogP contribution in [-0.2, 0) is 6.18 Å². The molecular formula is C12H6F3N3O3. The summed E-state index contributed by atoms with van der Waals surface area (Å²) in [4.78, 5) is 27.0. The topological polar surface area (TPSA) is 98.8 Å². The highest BCUT2D eigenvalue weighted by Gasteiger charge is 2.31. The number of benzene rings is 1. The molecule has 0 fully saturated rings. The molecule has 21 heavy (non-hydrogen) atoms. The van der Waals surface area contributed by atoms with Gasteiger partial charge in [0.2, 0.25) is 0 Å². The van der Waals surface area contributed by atoms with Gasteiger partial charge in [0.15, 0.2) is 0 Å². The zero-order chi connectivity index (χ0) is 15.4. The third-order valence-electron chi connectivity index (χ3n) is 3.02. The lowest BCUT2D eigenvalue weighted by molar-refractivity contribution is -0.137. The Morgan fingerprint density at radius 2 is 1.76 bits per heavy atom. The second kappa shape index (κ2) is 4.08. The average Bonchev–Trinajstić information content (AvgIpc) is 2.41. The van der Waals surface area contributed by atoms with E-state index in [0.717, 1.165) is 12.1 Å². The number of H-pyrrole nitrogens is 2. The molecule has 0 bridgehead atoms. The van der Waals surface area contributed by atoms with Crippen LogP contribution in [0.2, 0.25) is 0 Å². The maximum atomic E-state index is 12.7. The number of hydrogen-bond acceptors (Lipinski definition) is 4. The van der Waals surface area contributed by atoms with Crippen LogP contribution >= 0.6 is 0 Å². The van der Waals surface area contributed by atoms with Crippen molar-refractivity contribution in [3.63, 3.8) is 0 Å². The van der Waals surface area contributed by atoms with Crippen LogP contribution in [0.25, 0.3) is 21.8 Å². The Hall–Kier alpha value is -2.84. The van der Waals surface area contributed by atoms with E-state index in [-0.39, 0.29) is 16.3 Å². The molecule has 108 valence electrons. The van der Waals surface area contributed by atoms with Gasteiger partial charge in [-0.2, -0.15) is 13.2 Å². The molecule has 3 aromatic rings. The zero-order valence-electron chi connectivity index (χ0n) is 10.1. The van der Waals surface area contributed by atoms with Gasteiger partial charge < -0.3 is 5.11 Å². The predicted molar refractivity (Wildman–Crippen MR) is 67.2 cm³/mol. The number of aromatic nitrogens is 3. The maximum Gasteiger partial charge on any atom is 0.416 e. The number of hydrogen-bond donors (Lipinski definition) is 3. The van der Waals surface area contributed by atoms with Gasteiger partial charge in [0.25, 0.3) is 11.1 Å². The molecule has 0 aliphatic heterocycles. The number of pyridine rings is 1. The Labute approximate surface area is 112 Å². The van der Waals surface area contributed by atoms with Gasteiger partial charge in [-0.3, -0.25) is 19.8 Å². The van der Waals surface area contributed by atoms with Crippen molar-refractivity contribution in [1.82, 2.24) is 15.2 Å². The summed E-state index contributed by atoms with van der Waals surface area (Å²) in [5, 5.41) is 13.6. The lowest BCUT2D eigenvalue weighted by Crippen LogP contribution is -2.20. The lowest BCUT2D eigenvalue weighted by Gasteiger charge is -2.09. The Kier molecular flexibility index (Phi) is 2.55. The second-order valence-electron chi connectivity index (χ2n) is 4.32. The summed E-state index contributed by atoms with van der Waals surface area (Å²) in [7, 11) is 0. The Balaban J connectivity index is 2.51. The number of nitrogens with one attached hydrogen (secondary N) is 2. The molecule has 0 saturated carbocycles. The van der Waals surface area contributed by atoms with Gasteiger partial charge in [0, 0.05) is 5.39 Å². The normalized spacial score (nSPS) is 12.1. The molecule has 0 aliphatic rings. The van der Waals surface area contributed by atoms with Crippen LogP contribution < -0.4 is 11.1 Å². The number of halogens is 3. The quantitative estimate of drug-likeness (QED) is 0.547. The molecule has 0 amide bonds. The van der Waals surface area contributed by atoms with E-state index in [1.165, 1.54) is 0 Å². The van der Waals surface area contributed by atoms with Crippen molar-refractivity contribution in [2.75, 3.05) is 0 Å². The van der Waals surface area contributed by atoms with E-state index in [2.05, 4.69) is 4.98 Å². The van der Waals surface area contributed by atoms with Crippen LogP contribution in [0.3, 0.4) is 0 Å². The third kappa shape index (κ3) is 1.93. The molecule has 0 spiro atoms. The molecule has 6 nitrogen and oxygen atoms in total. The fraction of sp³-hybridized carbons (Fsp3) is 0.0833. The van der Waals surface area contributed by atoms with Crippen LogP contribution in [0.1, 0.15) is 5.56 Å². The van der Waals surface area contributed by atoms with Gasteiger partial charge >= 0.3 is 6.18 Å². The standard InChI is InChI=1S/C12H6F3N3O3/c13-12(14,15)4-1-2-5-6(3-4)16-8-7(9(5)19)10(20)17-18-11(8)21/h1-3H,(H,16,19)(H,17,20)(H,18,21). The number of rotatable bonds is 0. The van der Waals surface area contributed by atoms with Gasteiger partial charge in [-0.05, 0) is 18.2 Å². The summed E-state index contributed by atoms with van der Waals surface area (Å²) >= 11 is 0. The van der Waals surface area contributed by atoms with Crippen molar-refractivity contribution < 1.29 is 18.3 Å². The molecule has 0 atom stereocenters. The molecule has 0 saturated heterocycles. The van der Waals surface area contributed by atoms with Crippen molar-refractivity contribution in [2.24, 2.45) is 0 Å². The first-order chi connectivity index (χ1) is 9.79. The second-order valence-corrected chi connectivity index (χ2v) is 4.32. The summed E-state index contributed by atoms with van der Waals surface area (Å²) in [5.74, 6) is -0.587. The molecule has 0 unspecified atom stereocenters. The monoisotopic (exact) mass is 297 g/mol. The molecule has 0 aliphatic carbocycles. The first-order valence-corrected chi connectivity index (χ1v) is 5.63. The predicted octanol–water partition coefficient (Wildman–Crippen LogP) is 1.49. The van der Waals surface area contributed by atoms with Crippen LogP contribution in [0, 0.1) is 0 Å². The molecule has 3 rings (SSSR count). The van der Waals surface area contributed by atoms with Gasteiger partial charge in [-0.25, -0.2) is 4.98 Å². The van der Waals surface area contributed by atoms with Crippen LogP contribution in [0.15, 0.2) is 27.8 Å². The SMILES string of the molecule is O=c1[nH][nH]c(=O)c2c(O)c3ccc(C(F)(F)F)cc3nc12. The van der Waals surface area contributed by atoms with Crippen LogP contribution in [0.5, 0.6) is 5.75 Å². The Bertz CT molecular complexity index is 988. The highest BCUT2D eigenvalue weighted by Crippen LogP contribution is 2.34. The molecule has 2 aromatic heterocycles. The number of fused-ring (bicyclic) bond motifs is 2. The molecular weight excluding hydrogens is 291 g/mol.